The number of anilines is 2. The number of alkyl halides is 3. The predicted molar refractivity (Wildman–Crippen MR) is 143 cm³/mol. The van der Waals surface area contributed by atoms with Gasteiger partial charge in [0, 0.05) is 28.1 Å². The average molecular weight is 517 g/mol. The molecule has 3 aromatic rings. The summed E-state index contributed by atoms with van der Waals surface area (Å²) in [4.78, 5) is 2.28. The highest BCUT2D eigenvalue weighted by Gasteiger charge is 2.30. The molecule has 2 heterocycles. The third-order valence-electron chi connectivity index (χ3n) is 6.45. The third kappa shape index (κ3) is 6.66. The summed E-state index contributed by atoms with van der Waals surface area (Å²) < 4.78 is 53.7. The maximum Gasteiger partial charge on any atom is 0.406 e. The van der Waals surface area contributed by atoms with Crippen molar-refractivity contribution in [2.24, 2.45) is 0 Å². The molecule has 9 heteroatoms. The van der Waals surface area contributed by atoms with Gasteiger partial charge in [-0.2, -0.15) is 13.2 Å². The van der Waals surface area contributed by atoms with Crippen LogP contribution in [0.2, 0.25) is 0 Å². The Labute approximate surface area is 210 Å². The average Bonchev–Trinajstić information content (AvgIpc) is 3.15. The Kier molecular flexibility index (Phi) is 7.73. The first-order valence-corrected chi connectivity index (χ1v) is 14.6. The normalized spacial score (nSPS) is 15.5. The SMILES string of the molecule is CN1CCC(Nc2cccc3c2cc(C#CCNc2ccc(P(C)(C)=O)cc2)n3CC(F)(F)F)CC1. The van der Waals surface area contributed by atoms with Crippen LogP contribution in [-0.2, 0) is 11.1 Å². The molecule has 0 spiro atoms. The summed E-state index contributed by atoms with van der Waals surface area (Å²) in [6.45, 7) is 4.59. The molecular weight excluding hydrogens is 484 g/mol. The summed E-state index contributed by atoms with van der Waals surface area (Å²) in [7, 11) is -0.229. The van der Waals surface area contributed by atoms with E-state index >= 15 is 0 Å². The molecule has 0 bridgehead atoms. The fraction of sp³-hybridized carbons (Fsp3) is 0.407. The van der Waals surface area contributed by atoms with Crippen LogP contribution in [0.3, 0.4) is 0 Å². The Morgan fingerprint density at radius 2 is 1.78 bits per heavy atom. The summed E-state index contributed by atoms with van der Waals surface area (Å²) in [5, 5.41) is 8.24. The fourth-order valence-corrected chi connectivity index (χ4v) is 5.32. The van der Waals surface area contributed by atoms with E-state index in [1.54, 1.807) is 31.5 Å². The Morgan fingerprint density at radius 3 is 2.42 bits per heavy atom. The number of nitrogens with zero attached hydrogens (tertiary/aromatic N) is 2. The second kappa shape index (κ2) is 10.6. The lowest BCUT2D eigenvalue weighted by Gasteiger charge is -2.30. The smallest absolute Gasteiger partial charge is 0.382 e. The predicted octanol–water partition coefficient (Wildman–Crippen LogP) is 5.42. The number of piperidine rings is 1. The monoisotopic (exact) mass is 516 g/mol. The Balaban J connectivity index is 1.55. The Bertz CT molecular complexity index is 1310. The van der Waals surface area contributed by atoms with Crippen LogP contribution in [0, 0.1) is 11.8 Å². The number of aromatic nitrogens is 1. The number of likely N-dealkylation sites (tertiary alicyclic amines) is 1. The summed E-state index contributed by atoms with van der Waals surface area (Å²) in [5.74, 6) is 5.90. The van der Waals surface area contributed by atoms with Crippen molar-refractivity contribution in [2.45, 2.75) is 31.6 Å². The molecule has 0 saturated carbocycles. The Morgan fingerprint density at radius 1 is 1.08 bits per heavy atom. The van der Waals surface area contributed by atoms with Gasteiger partial charge in [-0.3, -0.25) is 0 Å². The summed E-state index contributed by atoms with van der Waals surface area (Å²) >= 11 is 0. The Hall–Kier alpha value is -2.88. The summed E-state index contributed by atoms with van der Waals surface area (Å²) in [5.41, 5.74) is 2.49. The molecule has 2 aromatic carbocycles. The van der Waals surface area contributed by atoms with Crippen molar-refractivity contribution in [3.05, 3.63) is 54.2 Å². The van der Waals surface area contributed by atoms with E-state index in [-0.39, 0.29) is 12.6 Å². The van der Waals surface area contributed by atoms with Crippen LogP contribution < -0.4 is 15.9 Å². The van der Waals surface area contributed by atoms with Crippen molar-refractivity contribution < 1.29 is 17.7 Å². The minimum atomic E-state index is -4.36. The maximum absolute atomic E-state index is 13.4. The number of nitrogens with one attached hydrogen (secondary N) is 2. The van der Waals surface area contributed by atoms with Crippen LogP contribution in [0.5, 0.6) is 0 Å². The van der Waals surface area contributed by atoms with E-state index in [0.717, 1.165) is 48.0 Å². The molecule has 1 aromatic heterocycles. The molecule has 0 atom stereocenters. The highest BCUT2D eigenvalue weighted by molar-refractivity contribution is 7.70. The molecule has 1 fully saturated rings. The molecule has 0 amide bonds. The third-order valence-corrected chi connectivity index (χ3v) is 7.99. The molecular formula is C27H32F3N4OP. The summed E-state index contributed by atoms with van der Waals surface area (Å²) in [6, 6.07) is 14.8. The van der Waals surface area contributed by atoms with Gasteiger partial charge in [0.2, 0.25) is 0 Å². The van der Waals surface area contributed by atoms with E-state index in [0.29, 0.717) is 11.2 Å². The van der Waals surface area contributed by atoms with E-state index in [9.17, 15) is 17.7 Å². The molecule has 1 saturated heterocycles. The summed E-state index contributed by atoms with van der Waals surface area (Å²) in [6.07, 6.45) is -2.38. The number of hydrogen-bond donors (Lipinski definition) is 2. The topological polar surface area (TPSA) is 49.3 Å². The molecule has 192 valence electrons. The molecule has 2 N–H and O–H groups in total. The van der Waals surface area contributed by atoms with Gasteiger partial charge in [0.25, 0.3) is 0 Å². The molecule has 1 aliphatic rings. The first-order valence-electron chi connectivity index (χ1n) is 12.0. The van der Waals surface area contributed by atoms with Crippen LogP contribution >= 0.6 is 7.14 Å². The highest BCUT2D eigenvalue weighted by atomic mass is 31.2. The fourth-order valence-electron chi connectivity index (χ4n) is 4.46. The van der Waals surface area contributed by atoms with Crippen molar-refractivity contribution in [3.8, 4) is 11.8 Å². The lowest BCUT2D eigenvalue weighted by Crippen LogP contribution is -2.36. The second-order valence-corrected chi connectivity index (χ2v) is 13.0. The molecule has 0 radical (unpaired) electrons. The zero-order valence-electron chi connectivity index (χ0n) is 20.8. The van der Waals surface area contributed by atoms with Gasteiger partial charge >= 0.3 is 6.18 Å². The quantitative estimate of drug-likeness (QED) is 0.339. The van der Waals surface area contributed by atoms with Crippen LogP contribution in [-0.4, -0.2) is 61.7 Å². The van der Waals surface area contributed by atoms with Crippen molar-refractivity contribution in [1.82, 2.24) is 9.47 Å². The van der Waals surface area contributed by atoms with Crippen molar-refractivity contribution in [1.29, 1.82) is 0 Å². The van der Waals surface area contributed by atoms with Gasteiger partial charge in [-0.1, -0.05) is 12.0 Å². The number of halogens is 3. The van der Waals surface area contributed by atoms with Crippen LogP contribution in [0.15, 0.2) is 48.5 Å². The minimum Gasteiger partial charge on any atom is -0.382 e. The lowest BCUT2D eigenvalue weighted by molar-refractivity contribution is -0.140. The van der Waals surface area contributed by atoms with Gasteiger partial charge in [-0.05, 0) is 94.7 Å². The molecule has 5 nitrogen and oxygen atoms in total. The number of hydrogen-bond acceptors (Lipinski definition) is 4. The molecule has 36 heavy (non-hydrogen) atoms. The first kappa shape index (κ1) is 26.2. The highest BCUT2D eigenvalue weighted by Crippen LogP contribution is 2.34. The number of rotatable bonds is 6. The van der Waals surface area contributed by atoms with Gasteiger partial charge in [0.1, 0.15) is 13.7 Å². The molecule has 0 aliphatic carbocycles. The van der Waals surface area contributed by atoms with Crippen molar-refractivity contribution in [2.75, 3.05) is 50.6 Å². The number of benzene rings is 2. The molecule has 1 aliphatic heterocycles. The van der Waals surface area contributed by atoms with E-state index in [2.05, 4.69) is 34.4 Å². The lowest BCUT2D eigenvalue weighted by atomic mass is 10.0. The van der Waals surface area contributed by atoms with Gasteiger partial charge in [-0.15, -0.1) is 0 Å². The van der Waals surface area contributed by atoms with E-state index in [1.807, 2.05) is 30.3 Å². The molecule has 0 unspecified atom stereocenters. The largest absolute Gasteiger partial charge is 0.406 e. The maximum atomic E-state index is 13.4. The number of fused-ring (bicyclic) bond motifs is 1. The zero-order valence-corrected chi connectivity index (χ0v) is 21.7. The van der Waals surface area contributed by atoms with Crippen molar-refractivity contribution in [3.63, 3.8) is 0 Å². The van der Waals surface area contributed by atoms with Gasteiger partial charge in [0.05, 0.1) is 17.8 Å². The van der Waals surface area contributed by atoms with E-state index in [4.69, 9.17) is 0 Å². The van der Waals surface area contributed by atoms with E-state index < -0.39 is 19.9 Å². The zero-order chi connectivity index (χ0) is 25.9. The minimum absolute atomic E-state index is 0.267. The van der Waals surface area contributed by atoms with Gasteiger partial charge < -0.3 is 24.7 Å². The van der Waals surface area contributed by atoms with Gasteiger partial charge in [-0.25, -0.2) is 0 Å². The molecule has 4 rings (SSSR count). The van der Waals surface area contributed by atoms with Crippen LogP contribution in [0.1, 0.15) is 18.5 Å². The van der Waals surface area contributed by atoms with Gasteiger partial charge in [0.15, 0.2) is 0 Å². The first-order chi connectivity index (χ1) is 17.0. The standard InChI is InChI=1S/C27H32F3N4OP/c1-33-16-13-21(14-17-33)32-25-7-4-8-26-24(25)18-22(34(26)19-27(28,29)30)6-5-15-31-20-9-11-23(12-10-20)36(2,3)35/h4,7-12,18,21,31-32H,13-17,19H2,1-3H3. The van der Waals surface area contributed by atoms with Crippen molar-refractivity contribution >= 4 is 34.7 Å². The van der Waals surface area contributed by atoms with Crippen LogP contribution in [0.4, 0.5) is 24.5 Å². The second-order valence-electron chi connectivity index (χ2n) is 9.74. The van der Waals surface area contributed by atoms with E-state index in [1.165, 1.54) is 4.57 Å². The van der Waals surface area contributed by atoms with Crippen LogP contribution in [0.25, 0.3) is 10.9 Å².